The molecule has 2 aliphatic carbocycles. The predicted molar refractivity (Wildman–Crippen MR) is 91.2 cm³/mol. The van der Waals surface area contributed by atoms with Gasteiger partial charge in [-0.3, -0.25) is 9.35 Å². The van der Waals surface area contributed by atoms with Crippen LogP contribution in [0.5, 0.6) is 11.5 Å². The monoisotopic (exact) mass is 362 g/mol. The van der Waals surface area contributed by atoms with Crippen molar-refractivity contribution in [3.8, 4) is 11.5 Å². The fraction of sp³-hybridized carbons (Fsp3) is 0.389. The maximum absolute atomic E-state index is 12.3. The van der Waals surface area contributed by atoms with Crippen LogP contribution in [0.4, 0.5) is 0 Å². The molecule has 0 bridgehead atoms. The third-order valence-electron chi connectivity index (χ3n) is 5.75. The van der Waals surface area contributed by atoms with E-state index in [9.17, 15) is 18.3 Å². The number of fused-ring (bicyclic) bond motifs is 5. The van der Waals surface area contributed by atoms with E-state index in [0.29, 0.717) is 18.2 Å². The molecule has 0 aromatic heterocycles. The minimum atomic E-state index is -4.60. The first kappa shape index (κ1) is 16.4. The molecule has 2 aromatic rings. The van der Waals surface area contributed by atoms with Gasteiger partial charge in [0, 0.05) is 23.3 Å². The van der Waals surface area contributed by atoms with Crippen LogP contribution in [-0.4, -0.2) is 23.9 Å². The summed E-state index contributed by atoms with van der Waals surface area (Å²) < 4.78 is 35.1. The topological polar surface area (TPSA) is 101 Å². The number of phenolic OH excluding ortho intramolecular Hbond substituents is 1. The highest BCUT2D eigenvalue weighted by Crippen LogP contribution is 2.56. The number of benzene rings is 2. The zero-order chi connectivity index (χ0) is 18.0. The Hall–Kier alpha value is -2.12. The number of aryl methyl sites for hydroxylation is 1. The normalized spacial score (nSPS) is 25.7. The lowest BCUT2D eigenvalue weighted by Gasteiger charge is -2.37. The van der Waals surface area contributed by atoms with E-state index in [1.165, 1.54) is 12.1 Å². The Bertz CT molecular complexity index is 1010. The van der Waals surface area contributed by atoms with Gasteiger partial charge in [-0.2, -0.15) is 8.42 Å². The van der Waals surface area contributed by atoms with Gasteiger partial charge in [0.2, 0.25) is 0 Å². The number of hydrogen-bond donors (Lipinski definition) is 2. The number of carbonyl (C=O) groups is 1. The minimum Gasteiger partial charge on any atom is -0.508 e. The number of phenols is 1. The molecule has 2 unspecified atom stereocenters. The van der Waals surface area contributed by atoms with Gasteiger partial charge in [0.15, 0.2) is 0 Å². The molecule has 0 saturated heterocycles. The zero-order valence-corrected chi connectivity index (χ0v) is 14.5. The molecule has 132 valence electrons. The first-order valence-electron chi connectivity index (χ1n) is 8.18. The lowest BCUT2D eigenvalue weighted by molar-refractivity contribution is -0.126. The number of hydrogen-bond acceptors (Lipinski definition) is 5. The molecule has 1 fully saturated rings. The Morgan fingerprint density at radius 2 is 2.00 bits per heavy atom. The van der Waals surface area contributed by atoms with E-state index >= 15 is 0 Å². The summed E-state index contributed by atoms with van der Waals surface area (Å²) in [4.78, 5) is 12.3. The largest absolute Gasteiger partial charge is 0.508 e. The van der Waals surface area contributed by atoms with Gasteiger partial charge in [0.25, 0.3) is 0 Å². The van der Waals surface area contributed by atoms with Crippen molar-refractivity contribution >= 4 is 27.0 Å². The second-order valence-electron chi connectivity index (χ2n) is 7.11. The molecule has 7 heteroatoms. The van der Waals surface area contributed by atoms with E-state index in [-0.39, 0.29) is 23.2 Å². The van der Waals surface area contributed by atoms with Gasteiger partial charge in [-0.15, -0.1) is 0 Å². The molecule has 25 heavy (non-hydrogen) atoms. The van der Waals surface area contributed by atoms with Gasteiger partial charge in [-0.05, 0) is 53.8 Å². The third kappa shape index (κ3) is 2.49. The first-order valence-corrected chi connectivity index (χ1v) is 9.54. The lowest BCUT2D eigenvalue weighted by atomic mass is 9.65. The molecule has 1 saturated carbocycles. The van der Waals surface area contributed by atoms with Crippen molar-refractivity contribution < 1.29 is 27.1 Å². The van der Waals surface area contributed by atoms with Crippen LogP contribution in [0.2, 0.25) is 0 Å². The first-order chi connectivity index (χ1) is 11.7. The highest BCUT2D eigenvalue weighted by atomic mass is 32.3. The summed E-state index contributed by atoms with van der Waals surface area (Å²) in [5, 5.41) is 12.1. The number of ketones is 1. The summed E-state index contributed by atoms with van der Waals surface area (Å²) in [6.07, 6.45) is 2.70. The quantitative estimate of drug-likeness (QED) is 0.796. The van der Waals surface area contributed by atoms with Gasteiger partial charge in [-0.25, -0.2) is 0 Å². The maximum Gasteiger partial charge on any atom is 0.446 e. The molecular formula is C18H18O6S. The molecule has 0 heterocycles. The molecule has 2 N–H and O–H groups in total. The van der Waals surface area contributed by atoms with Gasteiger partial charge in [0.05, 0.1) is 0 Å². The third-order valence-corrected chi connectivity index (χ3v) is 6.16. The zero-order valence-electron chi connectivity index (χ0n) is 13.7. The van der Waals surface area contributed by atoms with E-state index < -0.39 is 15.8 Å². The van der Waals surface area contributed by atoms with Crippen molar-refractivity contribution in [3.05, 3.63) is 35.4 Å². The van der Waals surface area contributed by atoms with Gasteiger partial charge < -0.3 is 9.29 Å². The predicted octanol–water partition coefficient (Wildman–Crippen LogP) is 3.13. The van der Waals surface area contributed by atoms with Crippen LogP contribution in [0.15, 0.2) is 24.3 Å². The molecule has 0 aliphatic heterocycles. The van der Waals surface area contributed by atoms with E-state index in [0.717, 1.165) is 29.4 Å². The van der Waals surface area contributed by atoms with Crippen molar-refractivity contribution in [1.29, 1.82) is 0 Å². The molecular weight excluding hydrogens is 344 g/mol. The van der Waals surface area contributed by atoms with E-state index in [1.807, 2.05) is 6.92 Å². The van der Waals surface area contributed by atoms with Crippen molar-refractivity contribution in [1.82, 2.24) is 0 Å². The van der Waals surface area contributed by atoms with Crippen molar-refractivity contribution in [3.63, 3.8) is 0 Å². The summed E-state index contributed by atoms with van der Waals surface area (Å²) >= 11 is 0. The van der Waals surface area contributed by atoms with Crippen LogP contribution in [0.3, 0.4) is 0 Å². The molecule has 2 aliphatic rings. The number of Topliss-reactive ketones (excluding diaryl/α,β-unsaturated/α-hetero) is 1. The average molecular weight is 362 g/mol. The van der Waals surface area contributed by atoms with Crippen molar-refractivity contribution in [2.75, 3.05) is 0 Å². The fourth-order valence-corrected chi connectivity index (χ4v) is 4.87. The van der Waals surface area contributed by atoms with E-state index in [1.54, 1.807) is 12.1 Å². The molecule has 4 rings (SSSR count). The molecule has 0 radical (unpaired) electrons. The lowest BCUT2D eigenvalue weighted by Crippen LogP contribution is -2.32. The van der Waals surface area contributed by atoms with Gasteiger partial charge >= 0.3 is 10.4 Å². The van der Waals surface area contributed by atoms with Crippen molar-refractivity contribution in [2.24, 2.45) is 5.41 Å². The maximum atomic E-state index is 12.3. The smallest absolute Gasteiger partial charge is 0.446 e. The van der Waals surface area contributed by atoms with Crippen LogP contribution in [0.25, 0.3) is 10.8 Å². The van der Waals surface area contributed by atoms with Crippen LogP contribution in [0.1, 0.15) is 43.2 Å². The molecule has 2 aromatic carbocycles. The Morgan fingerprint density at radius 3 is 2.72 bits per heavy atom. The summed E-state index contributed by atoms with van der Waals surface area (Å²) in [5.74, 6) is 0.379. The summed E-state index contributed by atoms with van der Waals surface area (Å²) in [5.41, 5.74) is 1.44. The Balaban J connectivity index is 1.88. The van der Waals surface area contributed by atoms with Crippen LogP contribution >= 0.6 is 0 Å². The summed E-state index contributed by atoms with van der Waals surface area (Å²) in [7, 11) is -4.60. The summed E-state index contributed by atoms with van der Waals surface area (Å²) in [6, 6.07) is 6.24. The molecule has 0 amide bonds. The Labute approximate surface area is 145 Å². The van der Waals surface area contributed by atoms with Gasteiger partial charge in [-0.1, -0.05) is 13.0 Å². The second kappa shape index (κ2) is 5.19. The average Bonchev–Trinajstić information content (AvgIpc) is 2.81. The highest BCUT2D eigenvalue weighted by molar-refractivity contribution is 7.81. The van der Waals surface area contributed by atoms with Crippen LogP contribution in [-0.2, 0) is 21.6 Å². The number of aromatic hydroxyl groups is 1. The molecule has 6 nitrogen and oxygen atoms in total. The van der Waals surface area contributed by atoms with E-state index in [2.05, 4.69) is 4.18 Å². The molecule has 2 atom stereocenters. The molecule has 0 spiro atoms. The summed E-state index contributed by atoms with van der Waals surface area (Å²) in [6.45, 7) is 1.99. The van der Waals surface area contributed by atoms with Gasteiger partial charge in [0.1, 0.15) is 17.3 Å². The van der Waals surface area contributed by atoms with Crippen LogP contribution in [0, 0.1) is 5.41 Å². The Kier molecular flexibility index (Phi) is 3.39. The highest BCUT2D eigenvalue weighted by Gasteiger charge is 2.50. The second-order valence-corrected chi connectivity index (χ2v) is 8.14. The SMILES string of the molecule is CC12CCc3c(c(O)cc4cc(OS(=O)(=O)O)ccc34)C1CCC2=O. The number of rotatable bonds is 2. The van der Waals surface area contributed by atoms with Crippen LogP contribution < -0.4 is 4.18 Å². The Morgan fingerprint density at radius 1 is 1.24 bits per heavy atom. The fourth-order valence-electron chi connectivity index (χ4n) is 4.53. The van der Waals surface area contributed by atoms with Crippen molar-refractivity contribution in [2.45, 2.75) is 38.5 Å². The minimum absolute atomic E-state index is 0.0156. The number of carbonyl (C=O) groups excluding carboxylic acids is 1. The standard InChI is InChI=1S/C18H18O6S/c1-18-7-6-13-12-3-2-11(24-25(21,22)23)8-10(12)9-15(19)17(13)14(18)4-5-16(18)20/h2-3,8-9,14,19H,4-7H2,1H3,(H,21,22,23). The van der Waals surface area contributed by atoms with E-state index in [4.69, 9.17) is 4.55 Å².